The highest BCUT2D eigenvalue weighted by atomic mass is 35.5. The monoisotopic (exact) mass is 542 g/mol. The number of imidazole rings is 1. The number of nitrogens with zero attached hydrogens (tertiary/aromatic N) is 1. The van der Waals surface area contributed by atoms with Gasteiger partial charge in [-0.2, -0.15) is 13.2 Å². The van der Waals surface area contributed by atoms with E-state index in [0.29, 0.717) is 21.7 Å². The van der Waals surface area contributed by atoms with Gasteiger partial charge in [0.1, 0.15) is 28.9 Å². The summed E-state index contributed by atoms with van der Waals surface area (Å²) in [5.74, 6) is 0.645. The topological polar surface area (TPSA) is 81.2 Å². The number of aromatic amines is 1. The summed E-state index contributed by atoms with van der Waals surface area (Å²) >= 11 is 12.0. The standard InChI is InChI=1S/C24H19Cl2F3N2O3S/c1-2-35(33)14-9-7-13(8-10-14)22(32)23-30-17-11-16(25)19(20(26)21(17)31-23)15-5-3-4-6-18(15)34-12-24(27,28)29/h3-11,22,32H,2,12H2,1H3,(H,30,31). The summed E-state index contributed by atoms with van der Waals surface area (Å²) in [6.07, 6.45) is -5.64. The van der Waals surface area contributed by atoms with Gasteiger partial charge in [0.2, 0.25) is 0 Å². The van der Waals surface area contributed by atoms with Crippen molar-refractivity contribution >= 4 is 45.4 Å². The van der Waals surface area contributed by atoms with Crippen molar-refractivity contribution in [2.75, 3.05) is 12.4 Å². The lowest BCUT2D eigenvalue weighted by Crippen LogP contribution is -2.19. The Bertz CT molecular complexity index is 1350. The number of alkyl halides is 3. The second-order valence-corrected chi connectivity index (χ2v) is 10.1. The van der Waals surface area contributed by atoms with Gasteiger partial charge in [0.05, 0.1) is 15.6 Å². The summed E-state index contributed by atoms with van der Waals surface area (Å²) in [4.78, 5) is 8.07. The Morgan fingerprint density at radius 2 is 1.83 bits per heavy atom. The zero-order valence-corrected chi connectivity index (χ0v) is 20.5. The van der Waals surface area contributed by atoms with Crippen LogP contribution in [0.1, 0.15) is 24.4 Å². The molecular formula is C24H19Cl2F3N2O3S. The van der Waals surface area contributed by atoms with E-state index in [9.17, 15) is 22.8 Å². The summed E-state index contributed by atoms with van der Waals surface area (Å²) in [5, 5.41) is 11.1. The maximum atomic E-state index is 12.7. The molecule has 0 bridgehead atoms. The fourth-order valence-electron chi connectivity index (χ4n) is 3.56. The first-order valence-electron chi connectivity index (χ1n) is 10.4. The van der Waals surface area contributed by atoms with Gasteiger partial charge in [0, 0.05) is 11.1 Å². The number of aromatic nitrogens is 2. The average molecular weight is 543 g/mol. The molecule has 184 valence electrons. The third-order valence-electron chi connectivity index (χ3n) is 5.22. The Morgan fingerprint density at radius 1 is 1.14 bits per heavy atom. The van der Waals surface area contributed by atoms with Gasteiger partial charge < -0.3 is 19.4 Å². The van der Waals surface area contributed by atoms with E-state index in [2.05, 4.69) is 9.97 Å². The fraction of sp³-hybridized carbons (Fsp3) is 0.208. The second-order valence-electron chi connectivity index (χ2n) is 7.57. The predicted octanol–water partition coefficient (Wildman–Crippen LogP) is 6.69. The van der Waals surface area contributed by atoms with Gasteiger partial charge in [-0.1, -0.05) is 53.5 Å². The Morgan fingerprint density at radius 3 is 2.49 bits per heavy atom. The average Bonchev–Trinajstić information content (AvgIpc) is 3.26. The van der Waals surface area contributed by atoms with Crippen molar-refractivity contribution in [1.29, 1.82) is 0 Å². The van der Waals surface area contributed by atoms with E-state index in [4.69, 9.17) is 27.9 Å². The van der Waals surface area contributed by atoms with Crippen molar-refractivity contribution < 1.29 is 27.6 Å². The van der Waals surface area contributed by atoms with Crippen LogP contribution in [0.2, 0.25) is 10.0 Å². The van der Waals surface area contributed by atoms with Gasteiger partial charge in [0.25, 0.3) is 0 Å². The number of nitrogens with one attached hydrogen (secondary N) is 1. The minimum Gasteiger partial charge on any atom is -0.611 e. The molecule has 0 aliphatic rings. The fourth-order valence-corrected chi connectivity index (χ4v) is 5.04. The molecule has 0 radical (unpaired) electrons. The number of hydrogen-bond acceptors (Lipinski definition) is 4. The normalized spacial score (nSPS) is 13.7. The number of para-hydroxylation sites is 1. The van der Waals surface area contributed by atoms with Crippen LogP contribution in [0.25, 0.3) is 22.2 Å². The Kier molecular flexibility index (Phi) is 7.54. The lowest BCUT2D eigenvalue weighted by molar-refractivity contribution is -0.153. The summed E-state index contributed by atoms with van der Waals surface area (Å²) in [5.41, 5.74) is 1.79. The molecule has 4 rings (SSSR count). The summed E-state index contributed by atoms with van der Waals surface area (Å²) in [7, 11) is 0. The zero-order valence-electron chi connectivity index (χ0n) is 18.2. The Hall–Kier alpha value is -2.43. The van der Waals surface area contributed by atoms with Crippen molar-refractivity contribution in [3.05, 3.63) is 76.0 Å². The number of rotatable bonds is 7. The largest absolute Gasteiger partial charge is 0.611 e. The molecule has 0 saturated heterocycles. The first-order valence-corrected chi connectivity index (χ1v) is 12.5. The number of ether oxygens (including phenoxy) is 1. The van der Waals surface area contributed by atoms with E-state index < -0.39 is 30.1 Å². The molecule has 35 heavy (non-hydrogen) atoms. The quantitative estimate of drug-likeness (QED) is 0.255. The third kappa shape index (κ3) is 5.54. The molecule has 3 aromatic carbocycles. The number of hydrogen-bond donors (Lipinski definition) is 2. The van der Waals surface area contributed by atoms with Crippen molar-refractivity contribution in [1.82, 2.24) is 9.97 Å². The van der Waals surface area contributed by atoms with Crippen LogP contribution >= 0.6 is 23.2 Å². The van der Waals surface area contributed by atoms with E-state index in [1.54, 1.807) is 42.5 Å². The van der Waals surface area contributed by atoms with Crippen LogP contribution in [0, 0.1) is 0 Å². The van der Waals surface area contributed by atoms with E-state index in [-0.39, 0.29) is 38.3 Å². The molecule has 2 atom stereocenters. The van der Waals surface area contributed by atoms with Crippen LogP contribution in [0.5, 0.6) is 5.75 Å². The summed E-state index contributed by atoms with van der Waals surface area (Å²) < 4.78 is 55.1. The molecule has 2 unspecified atom stereocenters. The zero-order chi connectivity index (χ0) is 25.3. The lowest BCUT2D eigenvalue weighted by Gasteiger charge is -2.15. The van der Waals surface area contributed by atoms with Crippen LogP contribution in [-0.4, -0.2) is 38.2 Å². The van der Waals surface area contributed by atoms with Crippen LogP contribution in [0.3, 0.4) is 0 Å². The van der Waals surface area contributed by atoms with E-state index in [1.165, 1.54) is 12.1 Å². The van der Waals surface area contributed by atoms with E-state index in [1.807, 2.05) is 6.92 Å². The summed E-state index contributed by atoms with van der Waals surface area (Å²) in [6.45, 7) is 0.349. The van der Waals surface area contributed by atoms with Crippen molar-refractivity contribution in [2.45, 2.75) is 24.1 Å². The Labute approximate surface area is 212 Å². The minimum atomic E-state index is -4.51. The van der Waals surface area contributed by atoms with Crippen LogP contribution in [0.4, 0.5) is 13.2 Å². The van der Waals surface area contributed by atoms with Gasteiger partial charge in [-0.3, -0.25) is 0 Å². The highest BCUT2D eigenvalue weighted by Crippen LogP contribution is 2.43. The highest BCUT2D eigenvalue weighted by Gasteiger charge is 2.29. The maximum Gasteiger partial charge on any atom is 0.422 e. The van der Waals surface area contributed by atoms with Crippen molar-refractivity contribution in [2.24, 2.45) is 0 Å². The number of aliphatic hydroxyl groups excluding tert-OH is 1. The molecular weight excluding hydrogens is 524 g/mol. The molecule has 0 aliphatic heterocycles. The molecule has 1 heterocycles. The molecule has 4 aromatic rings. The predicted molar refractivity (Wildman–Crippen MR) is 131 cm³/mol. The first kappa shape index (κ1) is 25.7. The van der Waals surface area contributed by atoms with Gasteiger partial charge in [-0.05, 0) is 47.9 Å². The van der Waals surface area contributed by atoms with Gasteiger partial charge in [-0.25, -0.2) is 4.98 Å². The SMILES string of the molecule is CC[S+]([O-])c1ccc(C(O)c2nc3c(Cl)c(-c4ccccc4OCC(F)(F)F)c(Cl)cc3[nH]2)cc1. The number of fused-ring (bicyclic) bond motifs is 1. The van der Waals surface area contributed by atoms with Gasteiger partial charge >= 0.3 is 6.18 Å². The van der Waals surface area contributed by atoms with Gasteiger partial charge in [0.15, 0.2) is 11.5 Å². The molecule has 2 N–H and O–H groups in total. The first-order chi connectivity index (χ1) is 16.6. The number of benzene rings is 3. The minimum absolute atomic E-state index is 0.0340. The number of H-pyrrole nitrogens is 1. The van der Waals surface area contributed by atoms with Crippen molar-refractivity contribution in [3.8, 4) is 16.9 Å². The lowest BCUT2D eigenvalue weighted by atomic mass is 10.0. The Balaban J connectivity index is 1.72. The number of halogens is 5. The molecule has 0 spiro atoms. The summed E-state index contributed by atoms with van der Waals surface area (Å²) in [6, 6.07) is 14.3. The van der Waals surface area contributed by atoms with E-state index >= 15 is 0 Å². The molecule has 0 fully saturated rings. The molecule has 1 aromatic heterocycles. The highest BCUT2D eigenvalue weighted by molar-refractivity contribution is 7.91. The molecule has 0 saturated carbocycles. The molecule has 11 heteroatoms. The maximum absolute atomic E-state index is 12.7. The van der Waals surface area contributed by atoms with Crippen molar-refractivity contribution in [3.63, 3.8) is 0 Å². The van der Waals surface area contributed by atoms with E-state index in [0.717, 1.165) is 0 Å². The molecule has 0 aliphatic carbocycles. The number of aliphatic hydroxyl groups is 1. The second kappa shape index (κ2) is 10.3. The van der Waals surface area contributed by atoms with Crippen LogP contribution in [-0.2, 0) is 11.2 Å². The molecule has 0 amide bonds. The smallest absolute Gasteiger partial charge is 0.422 e. The third-order valence-corrected chi connectivity index (χ3v) is 7.20. The molecule has 5 nitrogen and oxygen atoms in total. The van der Waals surface area contributed by atoms with Crippen LogP contribution in [0.15, 0.2) is 59.5 Å². The van der Waals surface area contributed by atoms with Crippen LogP contribution < -0.4 is 4.74 Å². The van der Waals surface area contributed by atoms with Gasteiger partial charge in [-0.15, -0.1) is 0 Å².